The first-order chi connectivity index (χ1) is 9.78. The molecule has 0 spiro atoms. The lowest BCUT2D eigenvalue weighted by molar-refractivity contribution is 0.185. The normalized spacial score (nSPS) is 22.3. The molecule has 2 unspecified atom stereocenters. The molecular formula is C14H16BrN3O2. The molecule has 1 fully saturated rings. The Hall–Kier alpha value is -1.24. The van der Waals surface area contributed by atoms with E-state index in [1.54, 1.807) is 0 Å². The Morgan fingerprint density at radius 2 is 2.10 bits per heavy atom. The summed E-state index contributed by atoms with van der Waals surface area (Å²) >= 11 is 3.41. The van der Waals surface area contributed by atoms with Crippen LogP contribution in [0.1, 0.15) is 18.7 Å². The zero-order chi connectivity index (χ0) is 13.9. The third-order valence-corrected chi connectivity index (χ3v) is 3.94. The highest BCUT2D eigenvalue weighted by Crippen LogP contribution is 2.27. The van der Waals surface area contributed by atoms with Crippen molar-refractivity contribution in [3.05, 3.63) is 34.6 Å². The summed E-state index contributed by atoms with van der Waals surface area (Å²) in [5.74, 6) is 1.40. The van der Waals surface area contributed by atoms with Gasteiger partial charge in [-0.25, -0.2) is 0 Å². The first kappa shape index (κ1) is 13.7. The number of benzene rings is 1. The molecule has 1 aromatic carbocycles. The van der Waals surface area contributed by atoms with Gasteiger partial charge in [0, 0.05) is 16.1 Å². The lowest BCUT2D eigenvalue weighted by Crippen LogP contribution is -2.34. The third-order valence-electron chi connectivity index (χ3n) is 3.41. The van der Waals surface area contributed by atoms with Crippen molar-refractivity contribution in [1.82, 2.24) is 15.5 Å². The van der Waals surface area contributed by atoms with Gasteiger partial charge in [-0.1, -0.05) is 28.0 Å². The van der Waals surface area contributed by atoms with Gasteiger partial charge >= 0.3 is 0 Å². The molecule has 5 nitrogen and oxygen atoms in total. The van der Waals surface area contributed by atoms with Crippen LogP contribution in [-0.4, -0.2) is 35.9 Å². The first-order valence-electron chi connectivity index (χ1n) is 6.68. The zero-order valence-corrected chi connectivity index (χ0v) is 12.8. The molecule has 0 bridgehead atoms. The molecule has 0 amide bonds. The summed E-state index contributed by atoms with van der Waals surface area (Å²) in [6.45, 7) is 4.29. The minimum Gasteiger partial charge on any atom is -0.379 e. The maximum atomic E-state index is 5.51. The largest absolute Gasteiger partial charge is 0.379 e. The highest BCUT2D eigenvalue weighted by molar-refractivity contribution is 9.10. The van der Waals surface area contributed by atoms with Crippen molar-refractivity contribution in [3.63, 3.8) is 0 Å². The summed E-state index contributed by atoms with van der Waals surface area (Å²) in [5.41, 5.74) is 0.946. The van der Waals surface area contributed by atoms with Crippen molar-refractivity contribution >= 4 is 15.9 Å². The summed E-state index contributed by atoms with van der Waals surface area (Å²) in [6, 6.07) is 8.10. The Balaban J connectivity index is 1.81. The zero-order valence-electron chi connectivity index (χ0n) is 11.2. The second-order valence-corrected chi connectivity index (χ2v) is 5.69. The van der Waals surface area contributed by atoms with E-state index in [0.29, 0.717) is 24.9 Å². The van der Waals surface area contributed by atoms with E-state index in [0.717, 1.165) is 16.6 Å². The summed E-state index contributed by atoms with van der Waals surface area (Å²) in [6.07, 6.45) is 0. The van der Waals surface area contributed by atoms with Crippen LogP contribution in [0.15, 0.2) is 33.3 Å². The number of nitrogens with zero attached hydrogens (tertiary/aromatic N) is 2. The van der Waals surface area contributed by atoms with Gasteiger partial charge in [0.25, 0.3) is 0 Å². The van der Waals surface area contributed by atoms with Gasteiger partial charge in [-0.3, -0.25) is 0 Å². The van der Waals surface area contributed by atoms with Crippen molar-refractivity contribution in [2.75, 3.05) is 19.8 Å². The van der Waals surface area contributed by atoms with Crippen LogP contribution in [0.2, 0.25) is 0 Å². The fourth-order valence-electron chi connectivity index (χ4n) is 2.36. The molecule has 3 rings (SSSR count). The molecular weight excluding hydrogens is 322 g/mol. The molecule has 20 heavy (non-hydrogen) atoms. The first-order valence-corrected chi connectivity index (χ1v) is 7.48. The molecule has 0 saturated carbocycles. The van der Waals surface area contributed by atoms with E-state index in [-0.39, 0.29) is 12.0 Å². The average molecular weight is 338 g/mol. The van der Waals surface area contributed by atoms with Crippen LogP contribution in [0.3, 0.4) is 0 Å². The quantitative estimate of drug-likeness (QED) is 0.929. The number of aromatic nitrogens is 2. The number of halogens is 1. The molecule has 2 aromatic rings. The van der Waals surface area contributed by atoms with Gasteiger partial charge in [0.15, 0.2) is 0 Å². The highest BCUT2D eigenvalue weighted by atomic mass is 79.9. The van der Waals surface area contributed by atoms with Crippen LogP contribution in [0.4, 0.5) is 0 Å². The Kier molecular flexibility index (Phi) is 4.14. The molecule has 0 aliphatic carbocycles. The van der Waals surface area contributed by atoms with Gasteiger partial charge in [-0.15, -0.1) is 0 Å². The number of hydrogen-bond donors (Lipinski definition) is 1. The third kappa shape index (κ3) is 2.77. The van der Waals surface area contributed by atoms with Crippen molar-refractivity contribution in [1.29, 1.82) is 0 Å². The maximum absolute atomic E-state index is 5.51. The fourth-order valence-corrected chi connectivity index (χ4v) is 2.63. The van der Waals surface area contributed by atoms with Crippen LogP contribution in [0, 0.1) is 0 Å². The Morgan fingerprint density at radius 1 is 1.30 bits per heavy atom. The van der Waals surface area contributed by atoms with Crippen molar-refractivity contribution in [3.8, 4) is 11.4 Å². The fraction of sp³-hybridized carbons (Fsp3) is 0.429. The summed E-state index contributed by atoms with van der Waals surface area (Å²) < 4.78 is 12.0. The van der Waals surface area contributed by atoms with E-state index in [1.165, 1.54) is 0 Å². The topological polar surface area (TPSA) is 60.2 Å². The number of nitrogens with one attached hydrogen (secondary N) is 1. The van der Waals surface area contributed by atoms with Crippen LogP contribution in [0.25, 0.3) is 11.4 Å². The lowest BCUT2D eigenvalue weighted by atomic mass is 10.0. The Labute approximate surface area is 125 Å². The smallest absolute Gasteiger partial charge is 0.234 e. The van der Waals surface area contributed by atoms with E-state index in [1.807, 2.05) is 24.3 Å². The van der Waals surface area contributed by atoms with Gasteiger partial charge in [-0.2, -0.15) is 4.98 Å². The van der Waals surface area contributed by atoms with E-state index in [2.05, 4.69) is 38.3 Å². The van der Waals surface area contributed by atoms with Crippen molar-refractivity contribution in [2.24, 2.45) is 0 Å². The number of likely N-dealkylation sites (N-methyl/N-ethyl adjacent to an activating group) is 1. The average Bonchev–Trinajstić information content (AvgIpc) is 3.08. The molecule has 2 atom stereocenters. The van der Waals surface area contributed by atoms with Crippen molar-refractivity contribution < 1.29 is 9.26 Å². The lowest BCUT2D eigenvalue weighted by Gasteiger charge is -2.13. The maximum Gasteiger partial charge on any atom is 0.234 e. The van der Waals surface area contributed by atoms with Gasteiger partial charge < -0.3 is 14.6 Å². The van der Waals surface area contributed by atoms with Gasteiger partial charge in [-0.05, 0) is 30.8 Å². The molecule has 6 heteroatoms. The number of ether oxygens (including phenoxy) is 1. The predicted molar refractivity (Wildman–Crippen MR) is 78.5 cm³/mol. The SMILES string of the molecule is CCNC1COCC1c1nc(-c2ccc(Br)cc2)no1. The highest BCUT2D eigenvalue weighted by Gasteiger charge is 2.33. The minimum atomic E-state index is 0.131. The van der Waals surface area contributed by atoms with Gasteiger partial charge in [0.2, 0.25) is 11.7 Å². The van der Waals surface area contributed by atoms with Crippen LogP contribution in [0.5, 0.6) is 0 Å². The van der Waals surface area contributed by atoms with E-state index in [9.17, 15) is 0 Å². The van der Waals surface area contributed by atoms with Crippen molar-refractivity contribution in [2.45, 2.75) is 18.9 Å². The Morgan fingerprint density at radius 3 is 2.85 bits per heavy atom. The summed E-state index contributed by atoms with van der Waals surface area (Å²) in [7, 11) is 0. The van der Waals surface area contributed by atoms with Crippen LogP contribution < -0.4 is 5.32 Å². The minimum absolute atomic E-state index is 0.131. The molecule has 2 heterocycles. The van der Waals surface area contributed by atoms with Gasteiger partial charge in [0.1, 0.15) is 0 Å². The predicted octanol–water partition coefficient (Wildman–Crippen LogP) is 2.59. The Bertz CT molecular complexity index is 570. The summed E-state index contributed by atoms with van der Waals surface area (Å²) in [5, 5.41) is 7.46. The second-order valence-electron chi connectivity index (χ2n) is 4.77. The molecule has 1 aromatic heterocycles. The molecule has 1 saturated heterocycles. The number of hydrogen-bond acceptors (Lipinski definition) is 5. The molecule has 0 radical (unpaired) electrons. The van der Waals surface area contributed by atoms with E-state index >= 15 is 0 Å². The molecule has 1 aliphatic heterocycles. The van der Waals surface area contributed by atoms with E-state index < -0.39 is 0 Å². The monoisotopic (exact) mass is 337 g/mol. The summed E-state index contributed by atoms with van der Waals surface area (Å²) in [4.78, 5) is 4.51. The van der Waals surface area contributed by atoms with Gasteiger partial charge in [0.05, 0.1) is 19.1 Å². The van der Waals surface area contributed by atoms with E-state index in [4.69, 9.17) is 9.26 Å². The van der Waals surface area contributed by atoms with Crippen LogP contribution >= 0.6 is 15.9 Å². The molecule has 1 N–H and O–H groups in total. The molecule has 106 valence electrons. The molecule has 1 aliphatic rings. The number of rotatable bonds is 4. The standard InChI is InChI=1S/C14H16BrN3O2/c1-2-16-12-8-19-7-11(12)14-17-13(18-20-14)9-3-5-10(15)6-4-9/h3-6,11-12,16H,2,7-8H2,1H3. The second kappa shape index (κ2) is 6.03. The van der Waals surface area contributed by atoms with Crippen LogP contribution in [-0.2, 0) is 4.74 Å².